The van der Waals surface area contributed by atoms with E-state index in [-0.39, 0.29) is 0 Å². The number of unbranched alkanes of at least 4 members (excludes halogenated alkanes) is 12. The van der Waals surface area contributed by atoms with E-state index in [9.17, 15) is 9.90 Å². The number of aliphatic carboxylic acids is 1. The van der Waals surface area contributed by atoms with Crippen molar-refractivity contribution < 1.29 is 15.0 Å². The molecule has 3 nitrogen and oxygen atoms in total. The molecule has 0 aliphatic heterocycles. The molecule has 0 radical (unpaired) electrons. The summed E-state index contributed by atoms with van der Waals surface area (Å²) >= 11 is 0. The summed E-state index contributed by atoms with van der Waals surface area (Å²) in [6, 6.07) is 7.30. The van der Waals surface area contributed by atoms with Gasteiger partial charge in [-0.3, -0.25) is 0 Å². The van der Waals surface area contributed by atoms with Gasteiger partial charge in [-0.1, -0.05) is 108 Å². The maximum Gasteiger partial charge on any atom is 0.337 e. The van der Waals surface area contributed by atoms with Crippen molar-refractivity contribution in [1.29, 1.82) is 0 Å². The summed E-state index contributed by atoms with van der Waals surface area (Å²) in [6.07, 6.45) is 17.3. The summed E-state index contributed by atoms with van der Waals surface area (Å²) in [5.41, 5.74) is 1.67. The minimum atomic E-state index is -1.42. The van der Waals surface area contributed by atoms with Crippen LogP contribution in [0.1, 0.15) is 108 Å². The highest BCUT2D eigenvalue weighted by Gasteiger charge is 2.14. The summed E-state index contributed by atoms with van der Waals surface area (Å²) in [5.74, 6) is -1.20. The molecule has 0 heterocycles. The third-order valence-electron chi connectivity index (χ3n) is 5.10. The van der Waals surface area contributed by atoms with Crippen LogP contribution in [0.5, 0.6) is 0 Å². The van der Waals surface area contributed by atoms with E-state index in [1.807, 2.05) is 12.1 Å². The summed E-state index contributed by atoms with van der Waals surface area (Å²) in [7, 11) is 0. The highest BCUT2D eigenvalue weighted by molar-refractivity contribution is 5.73. The molecule has 0 amide bonds. The van der Waals surface area contributed by atoms with Crippen molar-refractivity contribution in [1.82, 2.24) is 0 Å². The standard InChI is InChI=1S/C23H38O3/c1-2-3-4-5-6-7-8-9-10-11-12-13-14-15-20-16-18-21(19-17-20)22(24)23(25)26/h16-19,22,24H,2-15H2,1H3,(H,25,26)/t22-/m1/s1. The average molecular weight is 363 g/mol. The number of rotatable bonds is 16. The first-order valence-corrected chi connectivity index (χ1v) is 10.6. The Morgan fingerprint density at radius 1 is 0.769 bits per heavy atom. The van der Waals surface area contributed by atoms with Crippen LogP contribution >= 0.6 is 0 Å². The molecule has 0 unspecified atom stereocenters. The molecule has 0 aliphatic rings. The van der Waals surface area contributed by atoms with Crippen molar-refractivity contribution in [2.45, 2.75) is 103 Å². The van der Waals surface area contributed by atoms with E-state index in [4.69, 9.17) is 5.11 Å². The van der Waals surface area contributed by atoms with Gasteiger partial charge in [-0.05, 0) is 24.0 Å². The van der Waals surface area contributed by atoms with Gasteiger partial charge >= 0.3 is 5.97 Å². The molecule has 0 aliphatic carbocycles. The van der Waals surface area contributed by atoms with E-state index in [2.05, 4.69) is 6.92 Å². The van der Waals surface area contributed by atoms with Gasteiger partial charge in [0, 0.05) is 0 Å². The Morgan fingerprint density at radius 2 is 1.19 bits per heavy atom. The molecule has 148 valence electrons. The number of hydrogen-bond acceptors (Lipinski definition) is 2. The number of hydrogen-bond donors (Lipinski definition) is 2. The monoisotopic (exact) mass is 362 g/mol. The van der Waals surface area contributed by atoms with Crippen LogP contribution in [0.25, 0.3) is 0 Å². The molecular formula is C23H38O3. The Bertz CT molecular complexity index is 467. The minimum absolute atomic E-state index is 0.451. The van der Waals surface area contributed by atoms with Crippen molar-refractivity contribution in [2.24, 2.45) is 0 Å². The van der Waals surface area contributed by atoms with Crippen molar-refractivity contribution in [3.05, 3.63) is 35.4 Å². The Balaban J connectivity index is 1.95. The topological polar surface area (TPSA) is 57.5 Å². The van der Waals surface area contributed by atoms with E-state index in [0.29, 0.717) is 5.56 Å². The lowest BCUT2D eigenvalue weighted by Gasteiger charge is -2.07. The van der Waals surface area contributed by atoms with Crippen LogP contribution in [0.2, 0.25) is 0 Å². The number of carboxylic acids is 1. The molecule has 0 fully saturated rings. The number of aryl methyl sites for hydroxylation is 1. The van der Waals surface area contributed by atoms with Crippen LogP contribution < -0.4 is 0 Å². The second kappa shape index (κ2) is 14.8. The van der Waals surface area contributed by atoms with Gasteiger partial charge in [0.15, 0.2) is 6.10 Å². The summed E-state index contributed by atoms with van der Waals surface area (Å²) in [5, 5.41) is 18.3. The first-order valence-electron chi connectivity index (χ1n) is 10.6. The molecule has 0 saturated heterocycles. The van der Waals surface area contributed by atoms with Crippen molar-refractivity contribution >= 4 is 5.97 Å². The van der Waals surface area contributed by atoms with Crippen molar-refractivity contribution in [3.63, 3.8) is 0 Å². The largest absolute Gasteiger partial charge is 0.479 e. The molecule has 0 saturated carbocycles. The van der Waals surface area contributed by atoms with E-state index in [1.54, 1.807) is 12.1 Å². The van der Waals surface area contributed by atoms with E-state index in [1.165, 1.54) is 89.0 Å². The molecular weight excluding hydrogens is 324 g/mol. The van der Waals surface area contributed by atoms with Gasteiger partial charge in [0.2, 0.25) is 0 Å². The zero-order valence-electron chi connectivity index (χ0n) is 16.6. The fourth-order valence-electron chi connectivity index (χ4n) is 3.36. The minimum Gasteiger partial charge on any atom is -0.479 e. The Morgan fingerprint density at radius 3 is 1.62 bits per heavy atom. The van der Waals surface area contributed by atoms with Gasteiger partial charge < -0.3 is 10.2 Å². The van der Waals surface area contributed by atoms with Crippen LogP contribution in [0.3, 0.4) is 0 Å². The highest BCUT2D eigenvalue weighted by atomic mass is 16.4. The molecule has 1 aromatic rings. The van der Waals surface area contributed by atoms with Gasteiger partial charge in [-0.15, -0.1) is 0 Å². The van der Waals surface area contributed by atoms with Gasteiger partial charge in [-0.2, -0.15) is 0 Å². The van der Waals surface area contributed by atoms with Crippen LogP contribution in [0, 0.1) is 0 Å². The third kappa shape index (κ3) is 10.6. The molecule has 3 heteroatoms. The van der Waals surface area contributed by atoms with Gasteiger partial charge in [0.25, 0.3) is 0 Å². The molecule has 0 aromatic heterocycles. The molecule has 26 heavy (non-hydrogen) atoms. The molecule has 0 bridgehead atoms. The third-order valence-corrected chi connectivity index (χ3v) is 5.10. The molecule has 1 atom stereocenters. The normalized spacial score (nSPS) is 12.2. The number of aliphatic hydroxyl groups is 1. The number of aliphatic hydroxyl groups excluding tert-OH is 1. The molecule has 1 rings (SSSR count). The van der Waals surface area contributed by atoms with E-state index >= 15 is 0 Å². The smallest absolute Gasteiger partial charge is 0.337 e. The first kappa shape index (κ1) is 22.7. The number of benzene rings is 1. The van der Waals surface area contributed by atoms with E-state index < -0.39 is 12.1 Å². The van der Waals surface area contributed by atoms with Gasteiger partial charge in [0.05, 0.1) is 0 Å². The number of carboxylic acid groups (broad SMARTS) is 1. The summed E-state index contributed by atoms with van der Waals surface area (Å²) in [6.45, 7) is 2.27. The van der Waals surface area contributed by atoms with E-state index in [0.717, 1.165) is 6.42 Å². The SMILES string of the molecule is CCCCCCCCCCCCCCCc1ccc([C@@H](O)C(=O)O)cc1. The maximum atomic E-state index is 10.7. The predicted octanol–water partition coefficient (Wildman–Crippen LogP) is 6.44. The molecule has 1 aromatic carbocycles. The molecule has 2 N–H and O–H groups in total. The summed E-state index contributed by atoms with van der Waals surface area (Å²) in [4.78, 5) is 10.7. The predicted molar refractivity (Wildman–Crippen MR) is 108 cm³/mol. The Kier molecular flexibility index (Phi) is 12.9. The second-order valence-electron chi connectivity index (χ2n) is 7.47. The average Bonchev–Trinajstić information content (AvgIpc) is 2.65. The lowest BCUT2D eigenvalue weighted by Crippen LogP contribution is -2.10. The number of carbonyl (C=O) groups is 1. The van der Waals surface area contributed by atoms with Gasteiger partial charge in [0.1, 0.15) is 0 Å². The lowest BCUT2D eigenvalue weighted by molar-refractivity contribution is -0.146. The summed E-state index contributed by atoms with van der Waals surface area (Å²) < 4.78 is 0. The van der Waals surface area contributed by atoms with Crippen LogP contribution in [-0.4, -0.2) is 16.2 Å². The fraction of sp³-hybridized carbons (Fsp3) is 0.696. The van der Waals surface area contributed by atoms with Gasteiger partial charge in [-0.25, -0.2) is 4.79 Å². The van der Waals surface area contributed by atoms with Crippen LogP contribution in [0.4, 0.5) is 0 Å². The second-order valence-corrected chi connectivity index (χ2v) is 7.47. The quantitative estimate of drug-likeness (QED) is 0.333. The fourth-order valence-corrected chi connectivity index (χ4v) is 3.36. The zero-order valence-corrected chi connectivity index (χ0v) is 16.6. The molecule has 0 spiro atoms. The Labute approximate surface area is 159 Å². The lowest BCUT2D eigenvalue weighted by atomic mass is 10.0. The first-order chi connectivity index (χ1) is 12.6. The maximum absolute atomic E-state index is 10.7. The van der Waals surface area contributed by atoms with Crippen LogP contribution in [0.15, 0.2) is 24.3 Å². The van der Waals surface area contributed by atoms with Crippen molar-refractivity contribution in [2.75, 3.05) is 0 Å². The zero-order chi connectivity index (χ0) is 19.0. The van der Waals surface area contributed by atoms with Crippen molar-refractivity contribution in [3.8, 4) is 0 Å². The Hall–Kier alpha value is -1.35. The highest BCUT2D eigenvalue weighted by Crippen LogP contribution is 2.16. The van der Waals surface area contributed by atoms with Crippen LogP contribution in [-0.2, 0) is 11.2 Å².